The molecule has 0 spiro atoms. The van der Waals surface area contributed by atoms with Crippen molar-refractivity contribution >= 4 is 5.91 Å². The van der Waals surface area contributed by atoms with Crippen molar-refractivity contribution in [2.45, 2.75) is 20.3 Å². The van der Waals surface area contributed by atoms with E-state index in [2.05, 4.69) is 15.3 Å². The molecule has 106 valence electrons. The normalized spacial score (nSPS) is 10.6. The van der Waals surface area contributed by atoms with Crippen LogP contribution in [0.15, 0.2) is 23.4 Å². The minimum Gasteiger partial charge on any atom is -0.351 e. The molecule has 20 heavy (non-hydrogen) atoms. The molecule has 0 saturated heterocycles. The minimum atomic E-state index is -0.340. The fraction of sp³-hybridized carbons (Fsp3) is 0.357. The van der Waals surface area contributed by atoms with Gasteiger partial charge in [0, 0.05) is 37.6 Å². The highest BCUT2D eigenvalue weighted by Crippen LogP contribution is 2.05. The number of rotatable bonds is 4. The molecule has 0 aliphatic heterocycles. The molecule has 2 rings (SSSR count). The van der Waals surface area contributed by atoms with Gasteiger partial charge in [-0.25, -0.2) is 4.98 Å². The van der Waals surface area contributed by atoms with Gasteiger partial charge in [0.25, 0.3) is 11.5 Å². The minimum absolute atomic E-state index is 0.181. The Hall–Kier alpha value is -2.37. The number of imidazole rings is 1. The van der Waals surface area contributed by atoms with Crippen LogP contribution in [0.1, 0.15) is 27.3 Å². The SMILES string of the molecule is Cc1cc(C(=O)NCCc2cnc[nH]2)c(=O)n(C)c1C. The molecule has 2 aromatic rings. The average molecular weight is 274 g/mol. The Labute approximate surface area is 116 Å². The van der Waals surface area contributed by atoms with Crippen LogP contribution < -0.4 is 10.9 Å². The van der Waals surface area contributed by atoms with E-state index in [4.69, 9.17) is 0 Å². The summed E-state index contributed by atoms with van der Waals surface area (Å²) in [7, 11) is 1.67. The zero-order chi connectivity index (χ0) is 14.7. The number of pyridine rings is 1. The van der Waals surface area contributed by atoms with Gasteiger partial charge in [-0.3, -0.25) is 9.59 Å². The lowest BCUT2D eigenvalue weighted by molar-refractivity contribution is 0.0952. The van der Waals surface area contributed by atoms with Crippen molar-refractivity contribution in [1.82, 2.24) is 19.9 Å². The molecule has 0 aromatic carbocycles. The van der Waals surface area contributed by atoms with E-state index in [-0.39, 0.29) is 17.0 Å². The van der Waals surface area contributed by atoms with Gasteiger partial charge in [-0.15, -0.1) is 0 Å². The van der Waals surface area contributed by atoms with Crippen LogP contribution in [-0.2, 0) is 13.5 Å². The van der Waals surface area contributed by atoms with Gasteiger partial charge in [0.2, 0.25) is 0 Å². The van der Waals surface area contributed by atoms with E-state index in [9.17, 15) is 9.59 Å². The van der Waals surface area contributed by atoms with Crippen LogP contribution in [0.25, 0.3) is 0 Å². The van der Waals surface area contributed by atoms with Crippen molar-refractivity contribution in [3.63, 3.8) is 0 Å². The third kappa shape index (κ3) is 2.79. The standard InChI is InChI=1S/C14H18N4O2/c1-9-6-12(14(20)18(3)10(9)2)13(19)16-5-4-11-7-15-8-17-11/h6-8H,4-5H2,1-3H3,(H,15,17)(H,16,19). The predicted octanol–water partition coefficient (Wildman–Crippen LogP) is 0.698. The van der Waals surface area contributed by atoms with Gasteiger partial charge < -0.3 is 14.9 Å². The molecule has 0 atom stereocenters. The summed E-state index contributed by atoms with van der Waals surface area (Å²) in [6, 6.07) is 1.64. The largest absolute Gasteiger partial charge is 0.351 e. The first-order valence-corrected chi connectivity index (χ1v) is 6.43. The Morgan fingerprint density at radius 3 is 2.85 bits per heavy atom. The maximum absolute atomic E-state index is 12.1. The first-order valence-electron chi connectivity index (χ1n) is 6.43. The zero-order valence-corrected chi connectivity index (χ0v) is 11.9. The smallest absolute Gasteiger partial charge is 0.263 e. The summed E-state index contributed by atoms with van der Waals surface area (Å²) in [5.41, 5.74) is 2.64. The number of aromatic nitrogens is 3. The van der Waals surface area contributed by atoms with Gasteiger partial charge in [0.1, 0.15) is 5.56 Å². The number of hydrogen-bond donors (Lipinski definition) is 2. The number of amides is 1. The summed E-state index contributed by atoms with van der Waals surface area (Å²) in [5, 5.41) is 2.75. The van der Waals surface area contributed by atoms with Crippen LogP contribution in [0.2, 0.25) is 0 Å². The number of aromatic amines is 1. The fourth-order valence-electron chi connectivity index (χ4n) is 1.97. The van der Waals surface area contributed by atoms with Crippen molar-refractivity contribution in [3.8, 4) is 0 Å². The highest BCUT2D eigenvalue weighted by atomic mass is 16.2. The lowest BCUT2D eigenvalue weighted by Gasteiger charge is -2.10. The first kappa shape index (κ1) is 14.0. The Kier molecular flexibility index (Phi) is 4.02. The molecule has 0 radical (unpaired) electrons. The molecule has 0 saturated carbocycles. The second-order valence-electron chi connectivity index (χ2n) is 4.77. The van der Waals surface area contributed by atoms with E-state index in [0.29, 0.717) is 13.0 Å². The number of carbonyl (C=O) groups is 1. The van der Waals surface area contributed by atoms with Crippen molar-refractivity contribution in [3.05, 3.63) is 51.5 Å². The van der Waals surface area contributed by atoms with Crippen LogP contribution in [-0.4, -0.2) is 27.0 Å². The number of nitrogens with zero attached hydrogens (tertiary/aromatic N) is 2. The molecule has 0 unspecified atom stereocenters. The molecule has 0 aliphatic carbocycles. The van der Waals surface area contributed by atoms with E-state index in [1.165, 1.54) is 4.57 Å². The second-order valence-corrected chi connectivity index (χ2v) is 4.77. The Bertz CT molecular complexity index is 671. The van der Waals surface area contributed by atoms with Crippen LogP contribution in [0, 0.1) is 13.8 Å². The molecule has 0 aliphatic rings. The van der Waals surface area contributed by atoms with E-state index in [1.54, 1.807) is 25.6 Å². The quantitative estimate of drug-likeness (QED) is 0.861. The number of H-pyrrole nitrogens is 1. The first-order chi connectivity index (χ1) is 9.50. The van der Waals surface area contributed by atoms with Crippen LogP contribution in [0.4, 0.5) is 0 Å². The lowest BCUT2D eigenvalue weighted by atomic mass is 10.1. The Morgan fingerprint density at radius 1 is 1.45 bits per heavy atom. The molecule has 0 fully saturated rings. The van der Waals surface area contributed by atoms with E-state index < -0.39 is 0 Å². The molecule has 0 bridgehead atoms. The molecule has 1 amide bonds. The van der Waals surface area contributed by atoms with Crippen LogP contribution in [0.5, 0.6) is 0 Å². The number of carbonyl (C=O) groups excluding carboxylic acids is 1. The molecule has 6 nitrogen and oxygen atoms in total. The summed E-state index contributed by atoms with van der Waals surface area (Å²) in [6.07, 6.45) is 3.95. The third-order valence-electron chi connectivity index (χ3n) is 3.45. The average Bonchev–Trinajstić information content (AvgIpc) is 2.93. The maximum Gasteiger partial charge on any atom is 0.263 e. The second kappa shape index (κ2) is 5.73. The van der Waals surface area contributed by atoms with E-state index in [0.717, 1.165) is 17.0 Å². The topological polar surface area (TPSA) is 79.8 Å². The Balaban J connectivity index is 2.08. The predicted molar refractivity (Wildman–Crippen MR) is 75.8 cm³/mol. The molecular weight excluding hydrogens is 256 g/mol. The van der Waals surface area contributed by atoms with Gasteiger partial charge in [-0.1, -0.05) is 0 Å². The summed E-state index contributed by atoms with van der Waals surface area (Å²) >= 11 is 0. The van der Waals surface area contributed by atoms with Crippen molar-refractivity contribution in [2.75, 3.05) is 6.54 Å². The zero-order valence-electron chi connectivity index (χ0n) is 11.9. The summed E-state index contributed by atoms with van der Waals surface area (Å²) in [4.78, 5) is 31.0. The van der Waals surface area contributed by atoms with E-state index in [1.807, 2.05) is 13.8 Å². The van der Waals surface area contributed by atoms with Crippen LogP contribution >= 0.6 is 0 Å². The molecule has 2 heterocycles. The van der Waals surface area contributed by atoms with Gasteiger partial charge >= 0.3 is 0 Å². The monoisotopic (exact) mass is 274 g/mol. The van der Waals surface area contributed by atoms with Gasteiger partial charge in [-0.05, 0) is 25.5 Å². The van der Waals surface area contributed by atoms with E-state index >= 15 is 0 Å². The molecular formula is C14H18N4O2. The van der Waals surface area contributed by atoms with Crippen molar-refractivity contribution in [2.24, 2.45) is 7.05 Å². The lowest BCUT2D eigenvalue weighted by Crippen LogP contribution is -2.34. The number of nitrogens with one attached hydrogen (secondary N) is 2. The highest BCUT2D eigenvalue weighted by Gasteiger charge is 2.13. The summed E-state index contributed by atoms with van der Waals surface area (Å²) in [6.45, 7) is 4.20. The van der Waals surface area contributed by atoms with Gasteiger partial charge in [0.05, 0.1) is 6.33 Å². The van der Waals surface area contributed by atoms with Crippen molar-refractivity contribution < 1.29 is 4.79 Å². The summed E-state index contributed by atoms with van der Waals surface area (Å²) < 4.78 is 1.50. The molecule has 2 aromatic heterocycles. The van der Waals surface area contributed by atoms with Gasteiger partial charge in [0.15, 0.2) is 0 Å². The van der Waals surface area contributed by atoms with Gasteiger partial charge in [-0.2, -0.15) is 0 Å². The number of aryl methyl sites for hydroxylation is 1. The molecule has 2 N–H and O–H groups in total. The highest BCUT2D eigenvalue weighted by molar-refractivity contribution is 5.94. The number of hydrogen-bond acceptors (Lipinski definition) is 3. The van der Waals surface area contributed by atoms with Crippen molar-refractivity contribution in [1.29, 1.82) is 0 Å². The Morgan fingerprint density at radius 2 is 2.20 bits per heavy atom. The fourth-order valence-corrected chi connectivity index (χ4v) is 1.97. The molecule has 6 heteroatoms. The third-order valence-corrected chi connectivity index (χ3v) is 3.45. The summed E-state index contributed by atoms with van der Waals surface area (Å²) in [5.74, 6) is -0.340. The maximum atomic E-state index is 12.1. The van der Waals surface area contributed by atoms with Crippen LogP contribution in [0.3, 0.4) is 0 Å².